The highest BCUT2D eigenvalue weighted by molar-refractivity contribution is 6.33. The lowest BCUT2D eigenvalue weighted by Crippen LogP contribution is -2.36. The van der Waals surface area contributed by atoms with Crippen LogP contribution in [-0.4, -0.2) is 31.1 Å². The molecule has 1 N–H and O–H groups in total. The minimum absolute atomic E-state index is 0.805. The molecule has 0 unspecified atom stereocenters. The molecule has 0 saturated carbocycles. The van der Waals surface area contributed by atoms with Crippen LogP contribution in [0.25, 0.3) is 0 Å². The van der Waals surface area contributed by atoms with Crippen molar-refractivity contribution in [3.63, 3.8) is 0 Å². The lowest BCUT2D eigenvalue weighted by molar-refractivity contribution is 0.199. The van der Waals surface area contributed by atoms with Gasteiger partial charge in [-0.2, -0.15) is 0 Å². The molecule has 1 saturated heterocycles. The Morgan fingerprint density at radius 2 is 2.00 bits per heavy atom. The summed E-state index contributed by atoms with van der Waals surface area (Å²) in [7, 11) is 0. The minimum Gasteiger partial charge on any atom is -0.383 e. The summed E-state index contributed by atoms with van der Waals surface area (Å²) in [6.07, 6.45) is 2.68. The Hall–Kier alpha value is -0.730. The van der Waals surface area contributed by atoms with Crippen LogP contribution in [0.4, 0.5) is 5.69 Å². The molecule has 1 aromatic carbocycles. The maximum atomic E-state index is 6.09. The van der Waals surface area contributed by atoms with Gasteiger partial charge in [0.15, 0.2) is 0 Å². The quantitative estimate of drug-likeness (QED) is 0.883. The molecule has 94 valence electrons. The summed E-state index contributed by atoms with van der Waals surface area (Å²) in [6, 6.07) is 7.92. The van der Waals surface area contributed by atoms with Gasteiger partial charge in [-0.25, -0.2) is 0 Å². The Labute approximate surface area is 109 Å². The Balaban J connectivity index is 1.71. The summed E-state index contributed by atoms with van der Waals surface area (Å²) < 4.78 is 0. The fraction of sp³-hybridized carbons (Fsp3) is 0.571. The van der Waals surface area contributed by atoms with Gasteiger partial charge >= 0.3 is 0 Å². The maximum Gasteiger partial charge on any atom is 0.0637 e. The first-order chi connectivity index (χ1) is 8.25. The maximum absolute atomic E-state index is 6.09. The normalized spacial score (nSPS) is 18.2. The lowest BCUT2D eigenvalue weighted by Gasteiger charge is -2.30. The second-order valence-corrected chi connectivity index (χ2v) is 5.34. The highest BCUT2D eigenvalue weighted by atomic mass is 35.5. The number of piperidine rings is 1. The van der Waals surface area contributed by atoms with Gasteiger partial charge in [-0.1, -0.05) is 30.7 Å². The summed E-state index contributed by atoms with van der Waals surface area (Å²) in [5, 5.41) is 4.20. The average molecular weight is 253 g/mol. The van der Waals surface area contributed by atoms with Gasteiger partial charge in [0.2, 0.25) is 0 Å². The average Bonchev–Trinajstić information content (AvgIpc) is 2.34. The van der Waals surface area contributed by atoms with Gasteiger partial charge in [-0.3, -0.25) is 0 Å². The van der Waals surface area contributed by atoms with E-state index >= 15 is 0 Å². The number of hydrogen-bond donors (Lipinski definition) is 1. The summed E-state index contributed by atoms with van der Waals surface area (Å²) in [5.41, 5.74) is 1.04. The van der Waals surface area contributed by atoms with Gasteiger partial charge < -0.3 is 10.2 Å². The molecule has 3 heteroatoms. The van der Waals surface area contributed by atoms with E-state index in [1.54, 1.807) is 0 Å². The van der Waals surface area contributed by atoms with Crippen LogP contribution in [0.1, 0.15) is 19.8 Å². The van der Waals surface area contributed by atoms with Gasteiger partial charge in [-0.15, -0.1) is 0 Å². The second kappa shape index (κ2) is 6.27. The van der Waals surface area contributed by atoms with Crippen LogP contribution >= 0.6 is 11.6 Å². The van der Waals surface area contributed by atoms with Crippen molar-refractivity contribution in [3.8, 4) is 0 Å². The largest absolute Gasteiger partial charge is 0.383 e. The van der Waals surface area contributed by atoms with Gasteiger partial charge in [0, 0.05) is 13.1 Å². The number of para-hydroxylation sites is 1. The third-order valence-corrected chi connectivity index (χ3v) is 3.82. The number of likely N-dealkylation sites (tertiary alicyclic amines) is 1. The molecule has 0 bridgehead atoms. The first kappa shape index (κ1) is 12.7. The molecule has 0 aromatic heterocycles. The molecule has 0 atom stereocenters. The van der Waals surface area contributed by atoms with E-state index < -0.39 is 0 Å². The second-order valence-electron chi connectivity index (χ2n) is 4.93. The molecule has 0 spiro atoms. The Bertz CT molecular complexity index is 346. The molecular formula is C14H21ClN2. The van der Waals surface area contributed by atoms with Crippen LogP contribution in [0.3, 0.4) is 0 Å². The van der Waals surface area contributed by atoms with E-state index in [1.807, 2.05) is 24.3 Å². The van der Waals surface area contributed by atoms with Crippen LogP contribution in [0.5, 0.6) is 0 Å². The lowest BCUT2D eigenvalue weighted by atomic mass is 9.99. The predicted molar refractivity (Wildman–Crippen MR) is 74.8 cm³/mol. The van der Waals surface area contributed by atoms with E-state index in [0.717, 1.165) is 29.7 Å². The van der Waals surface area contributed by atoms with Crippen molar-refractivity contribution in [1.29, 1.82) is 0 Å². The van der Waals surface area contributed by atoms with Gasteiger partial charge in [0.1, 0.15) is 0 Å². The van der Waals surface area contributed by atoms with E-state index in [4.69, 9.17) is 11.6 Å². The van der Waals surface area contributed by atoms with Crippen LogP contribution in [0.2, 0.25) is 5.02 Å². The van der Waals surface area contributed by atoms with Crippen LogP contribution in [0, 0.1) is 5.92 Å². The predicted octanol–water partition coefficient (Wildman–Crippen LogP) is 3.48. The molecule has 1 aliphatic heterocycles. The Morgan fingerprint density at radius 3 is 2.71 bits per heavy atom. The summed E-state index contributed by atoms with van der Waals surface area (Å²) in [4.78, 5) is 2.53. The molecule has 0 amide bonds. The van der Waals surface area contributed by atoms with Crippen LogP contribution in [-0.2, 0) is 0 Å². The van der Waals surface area contributed by atoms with Crippen molar-refractivity contribution >= 4 is 17.3 Å². The monoisotopic (exact) mass is 252 g/mol. The number of benzene rings is 1. The number of nitrogens with one attached hydrogen (secondary N) is 1. The zero-order valence-corrected chi connectivity index (χ0v) is 11.2. The molecule has 0 radical (unpaired) electrons. The highest BCUT2D eigenvalue weighted by Gasteiger charge is 2.14. The molecule has 2 nitrogen and oxygen atoms in total. The van der Waals surface area contributed by atoms with E-state index in [-0.39, 0.29) is 0 Å². The molecule has 2 rings (SSSR count). The molecule has 1 aliphatic rings. The molecule has 1 heterocycles. The summed E-state index contributed by atoms with van der Waals surface area (Å²) in [5.74, 6) is 0.905. The first-order valence-corrected chi connectivity index (χ1v) is 6.84. The van der Waals surface area contributed by atoms with Gasteiger partial charge in [0.05, 0.1) is 10.7 Å². The van der Waals surface area contributed by atoms with Crippen LogP contribution in [0.15, 0.2) is 24.3 Å². The zero-order chi connectivity index (χ0) is 12.1. The third kappa shape index (κ3) is 3.90. The van der Waals surface area contributed by atoms with Crippen molar-refractivity contribution in [1.82, 2.24) is 4.90 Å². The van der Waals surface area contributed by atoms with Crippen molar-refractivity contribution in [3.05, 3.63) is 29.3 Å². The Kier molecular flexibility index (Phi) is 4.69. The first-order valence-electron chi connectivity index (χ1n) is 6.46. The van der Waals surface area contributed by atoms with Crippen LogP contribution < -0.4 is 5.32 Å². The molecule has 17 heavy (non-hydrogen) atoms. The standard InChI is InChI=1S/C14H21ClN2/c1-12-6-9-17(10-7-12)11-8-16-14-5-3-2-4-13(14)15/h2-5,12,16H,6-11H2,1H3. The fourth-order valence-electron chi connectivity index (χ4n) is 2.24. The summed E-state index contributed by atoms with van der Waals surface area (Å²) in [6.45, 7) is 6.91. The highest BCUT2D eigenvalue weighted by Crippen LogP contribution is 2.20. The number of rotatable bonds is 4. The molecule has 1 fully saturated rings. The van der Waals surface area contributed by atoms with E-state index in [9.17, 15) is 0 Å². The number of hydrogen-bond acceptors (Lipinski definition) is 2. The number of halogens is 1. The minimum atomic E-state index is 0.805. The smallest absolute Gasteiger partial charge is 0.0637 e. The van der Waals surface area contributed by atoms with Crippen molar-refractivity contribution in [2.75, 3.05) is 31.5 Å². The SMILES string of the molecule is CC1CCN(CCNc2ccccc2Cl)CC1. The molecular weight excluding hydrogens is 232 g/mol. The topological polar surface area (TPSA) is 15.3 Å². The molecule has 0 aliphatic carbocycles. The van der Waals surface area contributed by atoms with Crippen molar-refractivity contribution in [2.45, 2.75) is 19.8 Å². The van der Waals surface area contributed by atoms with E-state index in [2.05, 4.69) is 17.1 Å². The van der Waals surface area contributed by atoms with E-state index in [1.165, 1.54) is 25.9 Å². The van der Waals surface area contributed by atoms with Gasteiger partial charge in [-0.05, 0) is 44.0 Å². The van der Waals surface area contributed by atoms with E-state index in [0.29, 0.717) is 0 Å². The number of nitrogens with zero attached hydrogens (tertiary/aromatic N) is 1. The van der Waals surface area contributed by atoms with Gasteiger partial charge in [0.25, 0.3) is 0 Å². The zero-order valence-electron chi connectivity index (χ0n) is 10.5. The molecule has 1 aromatic rings. The third-order valence-electron chi connectivity index (χ3n) is 3.49. The fourth-order valence-corrected chi connectivity index (χ4v) is 2.44. The number of anilines is 1. The van der Waals surface area contributed by atoms with Crippen molar-refractivity contribution in [2.24, 2.45) is 5.92 Å². The summed E-state index contributed by atoms with van der Waals surface area (Å²) >= 11 is 6.09. The Morgan fingerprint density at radius 1 is 1.29 bits per heavy atom. The van der Waals surface area contributed by atoms with Crippen molar-refractivity contribution < 1.29 is 0 Å².